The topological polar surface area (TPSA) is 59.7 Å². The summed E-state index contributed by atoms with van der Waals surface area (Å²) in [7, 11) is 0. The van der Waals surface area contributed by atoms with E-state index in [-0.39, 0.29) is 5.56 Å². The summed E-state index contributed by atoms with van der Waals surface area (Å²) in [4.78, 5) is 10.7. The molecular formula is C14H20O4. The summed E-state index contributed by atoms with van der Waals surface area (Å²) in [5.74, 6) is 1.06. The average Bonchev–Trinajstić information content (AvgIpc) is 2.78. The molecule has 100 valence electrons. The van der Waals surface area contributed by atoms with Crippen molar-refractivity contribution in [3.8, 4) is 0 Å². The van der Waals surface area contributed by atoms with E-state index in [1.807, 2.05) is 0 Å². The van der Waals surface area contributed by atoms with E-state index in [0.29, 0.717) is 18.3 Å². The lowest BCUT2D eigenvalue weighted by atomic mass is 9.83. The van der Waals surface area contributed by atoms with E-state index in [4.69, 9.17) is 14.3 Å². The summed E-state index contributed by atoms with van der Waals surface area (Å²) in [5, 5.41) is 8.76. The van der Waals surface area contributed by atoms with Crippen molar-refractivity contribution in [3.05, 3.63) is 23.7 Å². The van der Waals surface area contributed by atoms with E-state index in [9.17, 15) is 4.79 Å². The fourth-order valence-electron chi connectivity index (χ4n) is 2.61. The summed E-state index contributed by atoms with van der Waals surface area (Å²) in [6.45, 7) is 3.39. The van der Waals surface area contributed by atoms with E-state index in [0.717, 1.165) is 12.5 Å². The lowest BCUT2D eigenvalue weighted by Crippen LogP contribution is -2.18. The van der Waals surface area contributed by atoms with Crippen LogP contribution in [0.5, 0.6) is 0 Å². The van der Waals surface area contributed by atoms with Crippen molar-refractivity contribution in [2.45, 2.75) is 39.2 Å². The molecule has 2 unspecified atom stereocenters. The SMILES string of the molecule is CC1CCCC(COCc2cc(C(=O)O)co2)C1. The predicted octanol–water partition coefficient (Wildman–Crippen LogP) is 3.32. The zero-order valence-corrected chi connectivity index (χ0v) is 10.7. The first-order valence-corrected chi connectivity index (χ1v) is 6.53. The Kier molecular flexibility index (Phi) is 4.42. The number of rotatable bonds is 5. The lowest BCUT2D eigenvalue weighted by molar-refractivity contribution is 0.0565. The minimum Gasteiger partial charge on any atom is -0.478 e. The number of carboxylic acids is 1. The highest BCUT2D eigenvalue weighted by atomic mass is 16.5. The maximum absolute atomic E-state index is 10.7. The molecule has 0 saturated heterocycles. The van der Waals surface area contributed by atoms with Crippen LogP contribution in [0.25, 0.3) is 0 Å². The van der Waals surface area contributed by atoms with Gasteiger partial charge in [0, 0.05) is 0 Å². The van der Waals surface area contributed by atoms with Crippen LogP contribution in [0.3, 0.4) is 0 Å². The van der Waals surface area contributed by atoms with Crippen molar-refractivity contribution in [2.24, 2.45) is 11.8 Å². The quantitative estimate of drug-likeness (QED) is 0.873. The molecule has 1 N–H and O–H groups in total. The molecule has 2 atom stereocenters. The van der Waals surface area contributed by atoms with Crippen molar-refractivity contribution in [2.75, 3.05) is 6.61 Å². The first-order valence-electron chi connectivity index (χ1n) is 6.53. The van der Waals surface area contributed by atoms with Gasteiger partial charge in [-0.15, -0.1) is 0 Å². The molecule has 1 aromatic heterocycles. The van der Waals surface area contributed by atoms with Crippen LogP contribution in [-0.4, -0.2) is 17.7 Å². The molecule has 0 bridgehead atoms. The van der Waals surface area contributed by atoms with Gasteiger partial charge in [0.2, 0.25) is 0 Å². The summed E-state index contributed by atoms with van der Waals surface area (Å²) in [6, 6.07) is 1.52. The highest BCUT2D eigenvalue weighted by Gasteiger charge is 2.19. The van der Waals surface area contributed by atoms with E-state index in [1.54, 1.807) is 0 Å². The molecule has 0 spiro atoms. The third kappa shape index (κ3) is 3.60. The van der Waals surface area contributed by atoms with E-state index in [2.05, 4.69) is 6.92 Å². The first-order chi connectivity index (χ1) is 8.65. The van der Waals surface area contributed by atoms with Gasteiger partial charge < -0.3 is 14.3 Å². The zero-order chi connectivity index (χ0) is 13.0. The van der Waals surface area contributed by atoms with Gasteiger partial charge in [-0.25, -0.2) is 4.79 Å². The van der Waals surface area contributed by atoms with Crippen LogP contribution in [0.15, 0.2) is 16.7 Å². The van der Waals surface area contributed by atoms with Gasteiger partial charge in [0.1, 0.15) is 18.6 Å². The number of furan rings is 1. The average molecular weight is 252 g/mol. The molecule has 4 nitrogen and oxygen atoms in total. The Labute approximate surface area is 107 Å². The van der Waals surface area contributed by atoms with E-state index in [1.165, 1.54) is 38.0 Å². The normalized spacial score (nSPS) is 24.1. The van der Waals surface area contributed by atoms with Gasteiger partial charge in [-0.2, -0.15) is 0 Å². The molecule has 0 aliphatic heterocycles. The van der Waals surface area contributed by atoms with Crippen molar-refractivity contribution in [1.82, 2.24) is 0 Å². The number of ether oxygens (including phenoxy) is 1. The van der Waals surface area contributed by atoms with Crippen molar-refractivity contribution >= 4 is 5.97 Å². The van der Waals surface area contributed by atoms with Crippen LogP contribution in [0.4, 0.5) is 0 Å². The van der Waals surface area contributed by atoms with Crippen LogP contribution < -0.4 is 0 Å². The summed E-state index contributed by atoms with van der Waals surface area (Å²) >= 11 is 0. The number of carbonyl (C=O) groups is 1. The second kappa shape index (κ2) is 6.05. The highest BCUT2D eigenvalue weighted by molar-refractivity contribution is 5.87. The monoisotopic (exact) mass is 252 g/mol. The maximum Gasteiger partial charge on any atom is 0.338 e. The Balaban J connectivity index is 1.72. The standard InChI is InChI=1S/C14H20O4/c1-10-3-2-4-11(5-10)7-17-9-13-6-12(8-18-13)14(15)16/h6,8,10-11H,2-5,7,9H2,1H3,(H,15,16). The van der Waals surface area contributed by atoms with Gasteiger partial charge in [0.15, 0.2) is 0 Å². The molecule has 1 aliphatic carbocycles. The van der Waals surface area contributed by atoms with Crippen molar-refractivity contribution in [1.29, 1.82) is 0 Å². The molecule has 2 rings (SSSR count). The molecule has 1 fully saturated rings. The second-order valence-electron chi connectivity index (χ2n) is 5.26. The summed E-state index contributed by atoms with van der Waals surface area (Å²) < 4.78 is 10.7. The van der Waals surface area contributed by atoms with E-state index >= 15 is 0 Å². The number of carboxylic acid groups (broad SMARTS) is 1. The molecule has 0 radical (unpaired) electrons. The Morgan fingerprint density at radius 3 is 3.06 bits per heavy atom. The lowest BCUT2D eigenvalue weighted by Gasteiger charge is -2.26. The fraction of sp³-hybridized carbons (Fsp3) is 0.643. The Morgan fingerprint density at radius 2 is 2.39 bits per heavy atom. The molecule has 4 heteroatoms. The number of hydrogen-bond donors (Lipinski definition) is 1. The second-order valence-corrected chi connectivity index (χ2v) is 5.26. The van der Waals surface area contributed by atoms with Gasteiger partial charge in [-0.05, 0) is 30.7 Å². The van der Waals surface area contributed by atoms with Gasteiger partial charge in [-0.3, -0.25) is 0 Å². The van der Waals surface area contributed by atoms with Crippen LogP contribution in [-0.2, 0) is 11.3 Å². The smallest absolute Gasteiger partial charge is 0.338 e. The molecule has 1 aliphatic rings. The van der Waals surface area contributed by atoms with Crippen LogP contribution >= 0.6 is 0 Å². The van der Waals surface area contributed by atoms with E-state index < -0.39 is 5.97 Å². The summed E-state index contributed by atoms with van der Waals surface area (Å²) in [5.41, 5.74) is 0.180. The fourth-order valence-corrected chi connectivity index (χ4v) is 2.61. The largest absolute Gasteiger partial charge is 0.478 e. The summed E-state index contributed by atoms with van der Waals surface area (Å²) in [6.07, 6.45) is 6.35. The van der Waals surface area contributed by atoms with Crippen molar-refractivity contribution in [3.63, 3.8) is 0 Å². The van der Waals surface area contributed by atoms with Crippen LogP contribution in [0, 0.1) is 11.8 Å². The highest BCUT2D eigenvalue weighted by Crippen LogP contribution is 2.28. The van der Waals surface area contributed by atoms with Gasteiger partial charge in [0.25, 0.3) is 0 Å². The minimum absolute atomic E-state index is 0.180. The minimum atomic E-state index is -0.967. The molecule has 0 amide bonds. The molecule has 18 heavy (non-hydrogen) atoms. The first kappa shape index (κ1) is 13.1. The third-order valence-corrected chi connectivity index (χ3v) is 3.54. The van der Waals surface area contributed by atoms with Crippen LogP contribution in [0.1, 0.15) is 48.7 Å². The molecule has 1 aromatic rings. The molecule has 1 heterocycles. The zero-order valence-electron chi connectivity index (χ0n) is 10.7. The third-order valence-electron chi connectivity index (χ3n) is 3.54. The molecule has 1 saturated carbocycles. The van der Waals surface area contributed by atoms with Gasteiger partial charge >= 0.3 is 5.97 Å². The van der Waals surface area contributed by atoms with Gasteiger partial charge in [-0.1, -0.05) is 19.8 Å². The molecule has 0 aromatic carbocycles. The van der Waals surface area contributed by atoms with Crippen molar-refractivity contribution < 1.29 is 19.1 Å². The van der Waals surface area contributed by atoms with Crippen LogP contribution in [0.2, 0.25) is 0 Å². The Morgan fingerprint density at radius 1 is 1.56 bits per heavy atom. The van der Waals surface area contributed by atoms with Gasteiger partial charge in [0.05, 0.1) is 12.2 Å². The Hall–Kier alpha value is -1.29. The molecular weight excluding hydrogens is 232 g/mol. The number of aromatic carboxylic acids is 1. The number of hydrogen-bond acceptors (Lipinski definition) is 3. The maximum atomic E-state index is 10.7. The predicted molar refractivity (Wildman–Crippen MR) is 66.4 cm³/mol. The Bertz CT molecular complexity index is 396.